The Morgan fingerprint density at radius 2 is 1.75 bits per heavy atom. The molecule has 4 atom stereocenters. The van der Waals surface area contributed by atoms with Crippen molar-refractivity contribution >= 4 is 46.5 Å². The Hall–Kier alpha value is -4.46. The summed E-state index contributed by atoms with van der Waals surface area (Å²) in [5.74, 6) is -5.14. The average molecular weight is 559 g/mol. The summed E-state index contributed by atoms with van der Waals surface area (Å²) in [6.45, 7) is 0.196. The summed E-state index contributed by atoms with van der Waals surface area (Å²) >= 11 is 0. The number of amides is 4. The molecule has 40 heavy (non-hydrogen) atoms. The molecule has 1 aliphatic heterocycles. The van der Waals surface area contributed by atoms with Crippen molar-refractivity contribution in [3.05, 3.63) is 36.0 Å². The Bertz CT molecular complexity index is 1280. The number of nitrogens with zero attached hydrogens (tertiary/aromatic N) is 1. The molecule has 1 fully saturated rings. The Morgan fingerprint density at radius 1 is 1.02 bits per heavy atom. The number of carboxylic acid groups (broad SMARTS) is 2. The molecule has 0 aliphatic carbocycles. The van der Waals surface area contributed by atoms with Crippen LogP contribution in [0, 0.1) is 0 Å². The number of likely N-dealkylation sites (tertiary alicyclic amines) is 1. The quantitative estimate of drug-likeness (QED) is 0.154. The molecule has 0 spiro atoms. The van der Waals surface area contributed by atoms with Crippen molar-refractivity contribution in [3.63, 3.8) is 0 Å². The van der Waals surface area contributed by atoms with Crippen molar-refractivity contribution in [2.45, 2.75) is 69.1 Å². The number of hydrogen-bond acceptors (Lipinski definition) is 7. The molecule has 4 unspecified atom stereocenters. The maximum absolute atomic E-state index is 13.8. The summed E-state index contributed by atoms with van der Waals surface area (Å²) < 4.78 is 0. The van der Waals surface area contributed by atoms with Gasteiger partial charge in [0.2, 0.25) is 23.6 Å². The summed E-state index contributed by atoms with van der Waals surface area (Å²) in [6, 6.07) is 2.71. The number of carboxylic acids is 2. The molecule has 2 aromatic rings. The van der Waals surface area contributed by atoms with Crippen LogP contribution in [0.3, 0.4) is 0 Å². The second-order valence-corrected chi connectivity index (χ2v) is 9.76. The van der Waals surface area contributed by atoms with Gasteiger partial charge >= 0.3 is 11.9 Å². The van der Waals surface area contributed by atoms with Crippen molar-refractivity contribution in [2.24, 2.45) is 11.5 Å². The van der Waals surface area contributed by atoms with E-state index in [0.29, 0.717) is 6.42 Å². The number of rotatable bonds is 14. The number of carbonyl (C=O) groups excluding carboxylic acids is 4. The minimum atomic E-state index is -1.37. The number of H-pyrrole nitrogens is 1. The first-order chi connectivity index (χ1) is 19.0. The van der Waals surface area contributed by atoms with Crippen LogP contribution in [0.2, 0.25) is 0 Å². The SMILES string of the molecule is NC(=O)CCC(NC(=O)C1CCCN1C(=O)C(Cc1c[nH]c2ccccc12)NC(=O)C(N)CCC(=O)O)C(=O)O. The number of fused-ring (bicyclic) bond motifs is 1. The van der Waals surface area contributed by atoms with Crippen LogP contribution in [0.15, 0.2) is 30.5 Å². The van der Waals surface area contributed by atoms with E-state index < -0.39 is 59.7 Å². The Labute approximate surface area is 229 Å². The standard InChI is InChI=1S/C26H34N6O8/c27-16(7-10-22(34)35)23(36)31-19(12-14-13-29-17-5-2-1-4-15(14)17)25(38)32-11-3-6-20(32)24(37)30-18(26(39)40)8-9-21(28)33/h1-2,4-5,13,16,18-20,29H,3,6-12,27H2,(H2,28,33)(H,30,37)(H,31,36)(H,34,35)(H,39,40). The van der Waals surface area contributed by atoms with Crippen molar-refractivity contribution < 1.29 is 39.0 Å². The zero-order chi connectivity index (χ0) is 29.4. The molecule has 4 amide bonds. The monoisotopic (exact) mass is 558 g/mol. The molecule has 14 heteroatoms. The van der Waals surface area contributed by atoms with Crippen molar-refractivity contribution in [1.29, 1.82) is 0 Å². The van der Waals surface area contributed by atoms with Gasteiger partial charge in [-0.15, -0.1) is 0 Å². The molecule has 1 aromatic carbocycles. The molecule has 0 radical (unpaired) electrons. The van der Waals surface area contributed by atoms with Gasteiger partial charge in [0.1, 0.15) is 18.1 Å². The van der Waals surface area contributed by atoms with Gasteiger partial charge in [0.05, 0.1) is 6.04 Å². The second-order valence-electron chi connectivity index (χ2n) is 9.76. The maximum atomic E-state index is 13.8. The smallest absolute Gasteiger partial charge is 0.326 e. The van der Waals surface area contributed by atoms with Crippen LogP contribution < -0.4 is 22.1 Å². The number of nitrogens with one attached hydrogen (secondary N) is 3. The number of aromatic nitrogens is 1. The minimum Gasteiger partial charge on any atom is -0.481 e. The molecule has 0 bridgehead atoms. The number of nitrogens with two attached hydrogens (primary N) is 2. The highest BCUT2D eigenvalue weighted by atomic mass is 16.4. The summed E-state index contributed by atoms with van der Waals surface area (Å²) in [4.78, 5) is 77.7. The first-order valence-corrected chi connectivity index (χ1v) is 12.9. The molecule has 3 rings (SSSR count). The number of benzene rings is 1. The zero-order valence-electron chi connectivity index (χ0n) is 21.8. The third-order valence-corrected chi connectivity index (χ3v) is 6.85. The predicted molar refractivity (Wildman–Crippen MR) is 142 cm³/mol. The third-order valence-electron chi connectivity index (χ3n) is 6.85. The lowest BCUT2D eigenvalue weighted by Crippen LogP contribution is -2.57. The largest absolute Gasteiger partial charge is 0.481 e. The highest BCUT2D eigenvalue weighted by Crippen LogP contribution is 2.23. The van der Waals surface area contributed by atoms with Gasteiger partial charge in [-0.25, -0.2) is 4.79 Å². The Kier molecular flexibility index (Phi) is 10.2. The highest BCUT2D eigenvalue weighted by Gasteiger charge is 2.39. The van der Waals surface area contributed by atoms with Gasteiger partial charge in [-0.05, 0) is 37.3 Å². The van der Waals surface area contributed by atoms with Crippen molar-refractivity contribution in [1.82, 2.24) is 20.5 Å². The van der Waals surface area contributed by atoms with Gasteiger partial charge in [-0.1, -0.05) is 18.2 Å². The van der Waals surface area contributed by atoms with E-state index in [-0.39, 0.29) is 45.1 Å². The van der Waals surface area contributed by atoms with E-state index in [4.69, 9.17) is 16.6 Å². The second kappa shape index (κ2) is 13.6. The number of hydrogen-bond donors (Lipinski definition) is 7. The van der Waals surface area contributed by atoms with Gasteiger partial charge in [0.25, 0.3) is 0 Å². The zero-order valence-corrected chi connectivity index (χ0v) is 21.8. The average Bonchev–Trinajstić information content (AvgIpc) is 3.56. The van der Waals surface area contributed by atoms with E-state index in [1.807, 2.05) is 24.3 Å². The molecule has 14 nitrogen and oxygen atoms in total. The van der Waals surface area contributed by atoms with E-state index in [1.54, 1.807) is 6.20 Å². The molecular formula is C26H34N6O8. The van der Waals surface area contributed by atoms with Crippen LogP contribution in [-0.2, 0) is 35.2 Å². The van der Waals surface area contributed by atoms with Gasteiger partial charge in [0, 0.05) is 42.9 Å². The first kappa shape index (κ1) is 30.1. The Balaban J connectivity index is 1.81. The normalized spacial score (nSPS) is 17.1. The highest BCUT2D eigenvalue weighted by molar-refractivity contribution is 5.95. The van der Waals surface area contributed by atoms with E-state index in [0.717, 1.165) is 16.5 Å². The van der Waals surface area contributed by atoms with Gasteiger partial charge in [0.15, 0.2) is 0 Å². The van der Waals surface area contributed by atoms with E-state index in [1.165, 1.54) is 4.90 Å². The van der Waals surface area contributed by atoms with Crippen LogP contribution in [0.25, 0.3) is 10.9 Å². The molecule has 1 aliphatic rings. The number of aliphatic carboxylic acids is 2. The molecule has 1 aromatic heterocycles. The summed E-state index contributed by atoms with van der Waals surface area (Å²) in [6.07, 6.45) is 1.60. The lowest BCUT2D eigenvalue weighted by atomic mass is 10.0. The summed E-state index contributed by atoms with van der Waals surface area (Å²) in [5, 5.41) is 24.2. The predicted octanol–water partition coefficient (Wildman–Crippen LogP) is -0.787. The lowest BCUT2D eigenvalue weighted by Gasteiger charge is -2.30. The van der Waals surface area contributed by atoms with Crippen LogP contribution in [-0.4, -0.2) is 86.4 Å². The third kappa shape index (κ3) is 7.79. The molecule has 9 N–H and O–H groups in total. The lowest BCUT2D eigenvalue weighted by molar-refractivity contribution is -0.145. The topological polar surface area (TPSA) is 238 Å². The number of para-hydroxylation sites is 1. The van der Waals surface area contributed by atoms with Gasteiger partial charge in [-0.3, -0.25) is 24.0 Å². The number of carbonyl (C=O) groups is 6. The van der Waals surface area contributed by atoms with E-state index >= 15 is 0 Å². The van der Waals surface area contributed by atoms with Crippen molar-refractivity contribution in [3.8, 4) is 0 Å². The number of primary amides is 1. The van der Waals surface area contributed by atoms with Gasteiger partial charge in [-0.2, -0.15) is 0 Å². The summed E-state index contributed by atoms with van der Waals surface area (Å²) in [5.41, 5.74) is 12.5. The van der Waals surface area contributed by atoms with Crippen LogP contribution >= 0.6 is 0 Å². The van der Waals surface area contributed by atoms with E-state index in [2.05, 4.69) is 15.6 Å². The van der Waals surface area contributed by atoms with Gasteiger partial charge < -0.3 is 42.2 Å². The minimum absolute atomic E-state index is 0.0570. The Morgan fingerprint density at radius 3 is 2.42 bits per heavy atom. The van der Waals surface area contributed by atoms with E-state index in [9.17, 15) is 33.9 Å². The fraction of sp³-hybridized carbons (Fsp3) is 0.462. The van der Waals surface area contributed by atoms with Crippen molar-refractivity contribution in [2.75, 3.05) is 6.54 Å². The van der Waals surface area contributed by atoms with Crippen LogP contribution in [0.4, 0.5) is 0 Å². The maximum Gasteiger partial charge on any atom is 0.326 e. The van der Waals surface area contributed by atoms with Crippen LogP contribution in [0.5, 0.6) is 0 Å². The molecule has 0 saturated carbocycles. The summed E-state index contributed by atoms with van der Waals surface area (Å²) in [7, 11) is 0. The van der Waals surface area contributed by atoms with Crippen LogP contribution in [0.1, 0.15) is 44.1 Å². The molecular weight excluding hydrogens is 524 g/mol. The molecule has 2 heterocycles. The first-order valence-electron chi connectivity index (χ1n) is 12.9. The molecule has 216 valence electrons. The number of aromatic amines is 1. The fourth-order valence-electron chi connectivity index (χ4n) is 4.72. The molecule has 1 saturated heterocycles. The fourth-order valence-corrected chi connectivity index (χ4v) is 4.72.